The second-order valence-corrected chi connectivity index (χ2v) is 8.11. The molecule has 0 bridgehead atoms. The van der Waals surface area contributed by atoms with Crippen LogP contribution in [0.1, 0.15) is 36.1 Å². The number of rotatable bonds is 13. The number of esters is 2. The summed E-state index contributed by atoms with van der Waals surface area (Å²) in [6.07, 6.45) is 10.8. The smallest absolute Gasteiger partial charge is 0.338 e. The Morgan fingerprint density at radius 2 is 1.91 bits per heavy atom. The Morgan fingerprint density at radius 1 is 1.18 bits per heavy atom. The van der Waals surface area contributed by atoms with Crippen LogP contribution in [0.4, 0.5) is 0 Å². The molecule has 7 heteroatoms. The molecule has 1 aliphatic carbocycles. The van der Waals surface area contributed by atoms with Gasteiger partial charge in [-0.15, -0.1) is 0 Å². The number of hydrogen-bond donors (Lipinski definition) is 2. The first-order valence-corrected chi connectivity index (χ1v) is 11.1. The van der Waals surface area contributed by atoms with Crippen molar-refractivity contribution >= 4 is 11.9 Å². The lowest BCUT2D eigenvalue weighted by molar-refractivity contribution is -0.140. The maximum Gasteiger partial charge on any atom is 0.338 e. The Hall–Kier alpha value is -3.26. The van der Waals surface area contributed by atoms with Crippen molar-refractivity contribution in [2.75, 3.05) is 32.9 Å². The highest BCUT2D eigenvalue weighted by atomic mass is 16.6. The molecule has 0 saturated carbocycles. The lowest BCUT2D eigenvalue weighted by atomic mass is 9.90. The van der Waals surface area contributed by atoms with Crippen molar-refractivity contribution < 1.29 is 28.9 Å². The number of carbonyl (C=O) groups is 2. The molecular weight excluding hydrogens is 434 g/mol. The first kappa shape index (κ1) is 27.0. The summed E-state index contributed by atoms with van der Waals surface area (Å²) in [5, 5.41) is 13.8. The lowest BCUT2D eigenvalue weighted by Crippen LogP contribution is -2.31. The van der Waals surface area contributed by atoms with E-state index in [-0.39, 0.29) is 36.4 Å². The minimum absolute atomic E-state index is 0.0847. The second-order valence-electron chi connectivity index (χ2n) is 8.11. The normalized spacial score (nSPS) is 17.9. The van der Waals surface area contributed by atoms with Crippen molar-refractivity contribution in [3.05, 3.63) is 96.2 Å². The molecule has 1 aromatic rings. The molecule has 0 heterocycles. The number of aliphatic hydroxyl groups excluding tert-OH is 1. The number of nitrogens with one attached hydrogen (secondary N) is 1. The first-order valence-electron chi connectivity index (χ1n) is 11.1. The van der Waals surface area contributed by atoms with Crippen molar-refractivity contribution in [1.29, 1.82) is 0 Å². The highest BCUT2D eigenvalue weighted by Crippen LogP contribution is 2.23. The molecule has 0 amide bonds. The third kappa shape index (κ3) is 8.59. The SMILES string of the molecule is C=CC1=CC=C[C@](C)(CNCCOC(O)c2ccccc2C(=O)OCCOC(=O)C(=C)C)C=C1. The average Bonchev–Trinajstić information content (AvgIpc) is 3.02. The largest absolute Gasteiger partial charge is 0.459 e. The minimum Gasteiger partial charge on any atom is -0.459 e. The summed E-state index contributed by atoms with van der Waals surface area (Å²) in [5.41, 5.74) is 1.64. The predicted molar refractivity (Wildman–Crippen MR) is 131 cm³/mol. The van der Waals surface area contributed by atoms with Crippen LogP contribution in [0.15, 0.2) is 85.0 Å². The predicted octanol–water partition coefficient (Wildman–Crippen LogP) is 3.80. The van der Waals surface area contributed by atoms with Gasteiger partial charge < -0.3 is 24.6 Å². The van der Waals surface area contributed by atoms with Crippen LogP contribution < -0.4 is 5.32 Å². The molecule has 182 valence electrons. The molecular formula is C27H33NO6. The summed E-state index contributed by atoms with van der Waals surface area (Å²) >= 11 is 0. The Bertz CT molecular complexity index is 977. The van der Waals surface area contributed by atoms with E-state index in [1.165, 1.54) is 6.92 Å². The molecule has 2 rings (SSSR count). The molecule has 0 radical (unpaired) electrons. The van der Waals surface area contributed by atoms with Gasteiger partial charge in [0.1, 0.15) is 13.2 Å². The highest BCUT2D eigenvalue weighted by molar-refractivity contribution is 5.91. The Balaban J connectivity index is 1.79. The van der Waals surface area contributed by atoms with E-state index in [0.29, 0.717) is 18.7 Å². The highest BCUT2D eigenvalue weighted by Gasteiger charge is 2.20. The second kappa shape index (κ2) is 13.4. The van der Waals surface area contributed by atoms with Crippen LogP contribution in [0, 0.1) is 5.41 Å². The lowest BCUT2D eigenvalue weighted by Gasteiger charge is -2.22. The third-order valence-corrected chi connectivity index (χ3v) is 5.06. The monoisotopic (exact) mass is 467 g/mol. The maximum absolute atomic E-state index is 12.4. The summed E-state index contributed by atoms with van der Waals surface area (Å²) in [5.74, 6) is -1.19. The van der Waals surface area contributed by atoms with Gasteiger partial charge in [0.05, 0.1) is 12.2 Å². The zero-order valence-corrected chi connectivity index (χ0v) is 19.8. The molecule has 1 aromatic carbocycles. The van der Waals surface area contributed by atoms with E-state index in [1.807, 2.05) is 18.2 Å². The van der Waals surface area contributed by atoms with E-state index >= 15 is 0 Å². The molecule has 1 unspecified atom stereocenters. The molecule has 0 spiro atoms. The Morgan fingerprint density at radius 3 is 2.65 bits per heavy atom. The number of allylic oxidation sites excluding steroid dienone is 5. The van der Waals surface area contributed by atoms with E-state index in [2.05, 4.69) is 37.6 Å². The van der Waals surface area contributed by atoms with Crippen LogP contribution in [0.3, 0.4) is 0 Å². The first-order chi connectivity index (χ1) is 16.3. The molecule has 0 aromatic heterocycles. The van der Waals surface area contributed by atoms with Crippen molar-refractivity contribution in [3.8, 4) is 0 Å². The van der Waals surface area contributed by atoms with E-state index in [0.717, 1.165) is 5.57 Å². The van der Waals surface area contributed by atoms with Crippen LogP contribution in [-0.4, -0.2) is 50.0 Å². The third-order valence-electron chi connectivity index (χ3n) is 5.06. The number of carbonyl (C=O) groups excluding carboxylic acids is 2. The van der Waals surface area contributed by atoms with Crippen molar-refractivity contribution in [3.63, 3.8) is 0 Å². The Kier molecular flexibility index (Phi) is 10.7. The van der Waals surface area contributed by atoms with E-state index < -0.39 is 18.2 Å². The molecule has 1 aliphatic rings. The van der Waals surface area contributed by atoms with E-state index in [1.54, 1.807) is 30.3 Å². The fourth-order valence-electron chi connectivity index (χ4n) is 3.09. The van der Waals surface area contributed by atoms with Gasteiger partial charge in [-0.05, 0) is 18.6 Å². The molecule has 0 aliphatic heterocycles. The van der Waals surface area contributed by atoms with Crippen LogP contribution in [0.5, 0.6) is 0 Å². The van der Waals surface area contributed by atoms with Crippen LogP contribution >= 0.6 is 0 Å². The van der Waals surface area contributed by atoms with Crippen molar-refractivity contribution in [1.82, 2.24) is 5.32 Å². The summed E-state index contributed by atoms with van der Waals surface area (Å²) in [7, 11) is 0. The number of benzene rings is 1. The molecule has 34 heavy (non-hydrogen) atoms. The zero-order valence-electron chi connectivity index (χ0n) is 19.8. The van der Waals surface area contributed by atoms with Crippen LogP contribution in [-0.2, 0) is 19.0 Å². The number of aliphatic hydroxyl groups is 1. The van der Waals surface area contributed by atoms with Crippen molar-refractivity contribution in [2.24, 2.45) is 5.41 Å². The topological polar surface area (TPSA) is 94.1 Å². The van der Waals surface area contributed by atoms with Gasteiger partial charge in [-0.2, -0.15) is 0 Å². The van der Waals surface area contributed by atoms with Crippen LogP contribution in [0.2, 0.25) is 0 Å². The fraction of sp³-hybridized carbons (Fsp3) is 0.333. The summed E-state index contributed by atoms with van der Waals surface area (Å²) in [4.78, 5) is 23.8. The van der Waals surface area contributed by atoms with E-state index in [4.69, 9.17) is 14.2 Å². The van der Waals surface area contributed by atoms with Gasteiger partial charge in [0.15, 0.2) is 6.29 Å². The molecule has 7 nitrogen and oxygen atoms in total. The van der Waals surface area contributed by atoms with E-state index in [9.17, 15) is 14.7 Å². The number of ether oxygens (including phenoxy) is 3. The molecule has 0 fully saturated rings. The summed E-state index contributed by atoms with van der Waals surface area (Å²) in [6.45, 7) is 12.2. The maximum atomic E-state index is 12.4. The van der Waals surface area contributed by atoms with Gasteiger partial charge in [0, 0.05) is 29.6 Å². The summed E-state index contributed by atoms with van der Waals surface area (Å²) < 4.78 is 15.6. The summed E-state index contributed by atoms with van der Waals surface area (Å²) in [6, 6.07) is 6.50. The van der Waals surface area contributed by atoms with Gasteiger partial charge in [-0.3, -0.25) is 0 Å². The zero-order chi connectivity index (χ0) is 25.0. The van der Waals surface area contributed by atoms with Gasteiger partial charge >= 0.3 is 11.9 Å². The molecule has 2 N–H and O–H groups in total. The van der Waals surface area contributed by atoms with Gasteiger partial charge in [-0.25, -0.2) is 9.59 Å². The standard InChI is InChI=1S/C27H33NO6/c1-5-21-9-8-13-27(4,14-12-21)19-28-15-16-32-25(30)22-10-6-7-11-23(22)26(31)34-18-17-33-24(29)20(2)3/h5-14,25,28,30H,1-2,15-19H2,3-4H3/t25?,27-/m0/s1. The molecule has 0 saturated heterocycles. The van der Waals surface area contributed by atoms with Crippen LogP contribution in [0.25, 0.3) is 0 Å². The van der Waals surface area contributed by atoms with Gasteiger partial charge in [-0.1, -0.05) is 74.7 Å². The number of hydrogen-bond acceptors (Lipinski definition) is 7. The van der Waals surface area contributed by atoms with Gasteiger partial charge in [0.2, 0.25) is 0 Å². The molecule has 2 atom stereocenters. The minimum atomic E-state index is -1.29. The fourth-order valence-corrected chi connectivity index (χ4v) is 3.09. The Labute approximate surface area is 201 Å². The van der Waals surface area contributed by atoms with Gasteiger partial charge in [0.25, 0.3) is 0 Å². The average molecular weight is 468 g/mol. The quantitative estimate of drug-likeness (QED) is 0.197. The van der Waals surface area contributed by atoms with Crippen molar-refractivity contribution in [2.45, 2.75) is 20.1 Å².